The molecule has 0 radical (unpaired) electrons. The highest BCUT2D eigenvalue weighted by Crippen LogP contribution is 2.43. The number of hydrogen-bond acceptors (Lipinski definition) is 13. The normalized spacial score (nSPS) is 19.3. The molecular formula is C57H79ClN10O7S. The lowest BCUT2D eigenvalue weighted by Crippen LogP contribution is -2.57. The molecule has 76 heavy (non-hydrogen) atoms. The number of aryl methyl sites for hydroxylation is 1. The molecule has 2 fully saturated rings. The van der Waals surface area contributed by atoms with Crippen molar-refractivity contribution in [3.05, 3.63) is 93.5 Å². The van der Waals surface area contributed by atoms with Crippen molar-refractivity contribution in [1.82, 2.24) is 46.0 Å². The van der Waals surface area contributed by atoms with Gasteiger partial charge in [-0.2, -0.15) is 0 Å². The SMILES string of the molecule is Cc1ncsc1-c1ccc(CNC(=O)[C@@H]2C[C@@H](O)CN2C(=O)C(NC(=O)CCCCCCCCCCNC(=O)CCNCC(C(=O)N2CCN(c3ncnc4c3[C@H](C)C[C@H]4O)CC2)c2ccc(Cl)cc2)C(C)(C)C)cc1. The number of rotatable bonds is 25. The molecule has 4 aromatic rings. The summed E-state index contributed by atoms with van der Waals surface area (Å²) in [5.74, 6) is -0.351. The summed E-state index contributed by atoms with van der Waals surface area (Å²) in [6, 6.07) is 13.6. The number of carbonyl (C=O) groups is 5. The highest BCUT2D eigenvalue weighted by atomic mass is 35.5. The van der Waals surface area contributed by atoms with Crippen molar-refractivity contribution in [2.45, 2.75) is 154 Å². The summed E-state index contributed by atoms with van der Waals surface area (Å²) in [4.78, 5) is 87.4. The molecule has 5 amide bonds. The van der Waals surface area contributed by atoms with Crippen molar-refractivity contribution in [1.29, 1.82) is 0 Å². The van der Waals surface area contributed by atoms with Crippen LogP contribution in [0.15, 0.2) is 60.4 Å². The van der Waals surface area contributed by atoms with Gasteiger partial charge in [-0.15, -0.1) is 11.3 Å². The number of nitrogens with zero attached hydrogens (tertiary/aromatic N) is 6. The van der Waals surface area contributed by atoms with Crippen LogP contribution in [-0.2, 0) is 30.5 Å². The molecule has 2 aromatic carbocycles. The topological polar surface area (TPSA) is 222 Å². The maximum Gasteiger partial charge on any atom is 0.246 e. The van der Waals surface area contributed by atoms with Crippen LogP contribution in [0.1, 0.15) is 151 Å². The number of aromatic nitrogens is 3. The van der Waals surface area contributed by atoms with Crippen molar-refractivity contribution >= 4 is 58.3 Å². The summed E-state index contributed by atoms with van der Waals surface area (Å²) in [5, 5.41) is 34.0. The summed E-state index contributed by atoms with van der Waals surface area (Å²) < 4.78 is 0. The van der Waals surface area contributed by atoms with E-state index in [9.17, 15) is 34.2 Å². The molecule has 0 bridgehead atoms. The van der Waals surface area contributed by atoms with Gasteiger partial charge in [0.2, 0.25) is 29.5 Å². The molecule has 19 heteroatoms. The van der Waals surface area contributed by atoms with Crippen LogP contribution in [0.4, 0.5) is 5.82 Å². The monoisotopic (exact) mass is 1080 g/mol. The molecule has 6 N–H and O–H groups in total. The van der Waals surface area contributed by atoms with Crippen molar-refractivity contribution in [2.75, 3.05) is 57.3 Å². The number of nitrogens with one attached hydrogen (secondary N) is 4. The Morgan fingerprint density at radius 2 is 1.47 bits per heavy atom. The molecule has 1 aliphatic carbocycles. The number of benzene rings is 2. The second-order valence-corrected chi connectivity index (χ2v) is 23.2. The first kappa shape index (κ1) is 58.2. The molecule has 2 aromatic heterocycles. The van der Waals surface area contributed by atoms with Gasteiger partial charge in [-0.05, 0) is 66.3 Å². The number of thiazole rings is 1. The fraction of sp³-hybridized carbons (Fsp3) is 0.579. The third-order valence-electron chi connectivity index (χ3n) is 15.0. The van der Waals surface area contributed by atoms with Gasteiger partial charge in [-0.25, -0.2) is 15.0 Å². The van der Waals surface area contributed by atoms with Crippen molar-refractivity contribution in [3.63, 3.8) is 0 Å². The minimum absolute atomic E-state index is 0.0232. The minimum Gasteiger partial charge on any atom is -0.391 e. The average molecular weight is 1080 g/mol. The standard InChI is InChI=1S/C57H79ClN10O7S/c1-37-30-46(70)50-49(37)53(63-35-62-50)66-26-28-67(29-27-66)55(74)44(40-19-21-42(58)22-20-40)33-59-25-23-47(71)60-24-13-11-9-7-6-8-10-12-14-48(72)65-52(57(3,4)5)56(75)68-34-43(69)31-45(68)54(73)61-32-39-15-17-41(18-16-39)51-38(2)64-36-76-51/h15-22,35-37,43-46,52,59,69-70H,6-14,23-34H2,1-5H3,(H,60,71)(H,61,73)(H,65,72)/t37-,43-,44?,45+,46-,52?/m1/s1. The second-order valence-electron chi connectivity index (χ2n) is 21.9. The molecule has 412 valence electrons. The van der Waals surface area contributed by atoms with Crippen LogP contribution in [0, 0.1) is 12.3 Å². The fourth-order valence-electron chi connectivity index (χ4n) is 10.6. The third-order valence-corrected chi connectivity index (χ3v) is 16.2. The first-order valence-corrected chi connectivity index (χ1v) is 28.6. The van der Waals surface area contributed by atoms with E-state index in [0.717, 1.165) is 83.6 Å². The van der Waals surface area contributed by atoms with Crippen LogP contribution in [-0.4, -0.2) is 135 Å². The Balaban J connectivity index is 0.734. The molecule has 6 atom stereocenters. The quantitative estimate of drug-likeness (QED) is 0.0371. The maximum atomic E-state index is 14.0. The number of piperazine rings is 1. The minimum atomic E-state index is -0.861. The van der Waals surface area contributed by atoms with Gasteiger partial charge < -0.3 is 46.2 Å². The second kappa shape index (κ2) is 27.7. The van der Waals surface area contributed by atoms with Gasteiger partial charge in [-0.3, -0.25) is 24.0 Å². The molecule has 7 rings (SSSR count). The summed E-state index contributed by atoms with van der Waals surface area (Å²) in [7, 11) is 0. The maximum absolute atomic E-state index is 14.0. The molecule has 4 heterocycles. The predicted molar refractivity (Wildman–Crippen MR) is 297 cm³/mol. The van der Waals surface area contributed by atoms with E-state index in [4.69, 9.17) is 11.6 Å². The van der Waals surface area contributed by atoms with Gasteiger partial charge in [-0.1, -0.05) is 114 Å². The Morgan fingerprint density at radius 1 is 0.789 bits per heavy atom. The molecular weight excluding hydrogens is 1000 g/mol. The largest absolute Gasteiger partial charge is 0.391 e. The summed E-state index contributed by atoms with van der Waals surface area (Å²) >= 11 is 7.79. The number of likely N-dealkylation sites (tertiary alicyclic amines) is 1. The van der Waals surface area contributed by atoms with Crippen molar-refractivity contribution < 1.29 is 34.2 Å². The lowest BCUT2D eigenvalue weighted by Gasteiger charge is -2.38. The Kier molecular flexibility index (Phi) is 21.2. The average Bonchev–Trinajstić information content (AvgIpc) is 4.12. The molecule has 3 aliphatic rings. The van der Waals surface area contributed by atoms with Crippen LogP contribution in [0.25, 0.3) is 10.4 Å². The number of β-amino-alcohol motifs (C(OH)–C–C–N with tert-alkyl or cyclic N) is 1. The van der Waals surface area contributed by atoms with E-state index in [1.807, 2.05) is 74.5 Å². The number of anilines is 1. The highest BCUT2D eigenvalue weighted by Gasteiger charge is 2.44. The first-order valence-electron chi connectivity index (χ1n) is 27.3. The molecule has 2 saturated heterocycles. The van der Waals surface area contributed by atoms with Gasteiger partial charge >= 0.3 is 0 Å². The molecule has 0 saturated carbocycles. The number of halogens is 1. The van der Waals surface area contributed by atoms with Crippen molar-refractivity contribution in [2.24, 2.45) is 5.41 Å². The van der Waals surface area contributed by atoms with Crippen LogP contribution >= 0.6 is 22.9 Å². The number of aliphatic hydroxyl groups excluding tert-OH is 2. The van der Waals surface area contributed by atoms with E-state index in [-0.39, 0.29) is 55.0 Å². The Hall–Kier alpha value is -5.53. The smallest absolute Gasteiger partial charge is 0.246 e. The fourth-order valence-corrected chi connectivity index (χ4v) is 11.5. The zero-order valence-corrected chi connectivity index (χ0v) is 46.6. The van der Waals surface area contributed by atoms with Gasteiger partial charge in [0.25, 0.3) is 0 Å². The number of hydrogen-bond donors (Lipinski definition) is 6. The van der Waals surface area contributed by atoms with Crippen LogP contribution in [0.3, 0.4) is 0 Å². The number of fused-ring (bicyclic) bond motifs is 1. The Bertz CT molecular complexity index is 2570. The van der Waals surface area contributed by atoms with Crippen LogP contribution in [0.5, 0.6) is 0 Å². The zero-order valence-electron chi connectivity index (χ0n) is 45.0. The van der Waals surface area contributed by atoms with Gasteiger partial charge in [0.15, 0.2) is 0 Å². The van der Waals surface area contributed by atoms with Crippen LogP contribution in [0.2, 0.25) is 5.02 Å². The first-order chi connectivity index (χ1) is 36.5. The van der Waals surface area contributed by atoms with Gasteiger partial charge in [0.1, 0.15) is 24.2 Å². The molecule has 17 nitrogen and oxygen atoms in total. The van der Waals surface area contributed by atoms with Gasteiger partial charge in [0.05, 0.1) is 39.9 Å². The van der Waals surface area contributed by atoms with E-state index in [1.54, 1.807) is 23.5 Å². The summed E-state index contributed by atoms with van der Waals surface area (Å²) in [5.41, 5.74) is 6.71. The van der Waals surface area contributed by atoms with Gasteiger partial charge in [0, 0.05) is 88.8 Å². The lowest BCUT2D eigenvalue weighted by atomic mass is 9.85. The Morgan fingerprint density at radius 3 is 2.14 bits per heavy atom. The highest BCUT2D eigenvalue weighted by molar-refractivity contribution is 7.13. The summed E-state index contributed by atoms with van der Waals surface area (Å²) in [6.45, 7) is 13.8. The number of carbonyl (C=O) groups excluding carboxylic acids is 5. The predicted octanol–water partition coefficient (Wildman–Crippen LogP) is 6.95. The van der Waals surface area contributed by atoms with E-state index < -0.39 is 35.6 Å². The lowest BCUT2D eigenvalue weighted by molar-refractivity contribution is -0.144. The Labute approximate surface area is 457 Å². The third kappa shape index (κ3) is 15.8. The van der Waals surface area contributed by atoms with E-state index in [2.05, 4.69) is 48.0 Å². The number of aliphatic hydroxyl groups is 2. The van der Waals surface area contributed by atoms with E-state index in [0.29, 0.717) is 82.2 Å². The van der Waals surface area contributed by atoms with E-state index >= 15 is 0 Å². The molecule has 2 aliphatic heterocycles. The molecule has 2 unspecified atom stereocenters. The van der Waals surface area contributed by atoms with Crippen LogP contribution < -0.4 is 26.2 Å². The zero-order chi connectivity index (χ0) is 54.4. The molecule has 0 spiro atoms. The summed E-state index contributed by atoms with van der Waals surface area (Å²) in [6.07, 6.45) is 9.11. The number of amides is 5. The van der Waals surface area contributed by atoms with Crippen molar-refractivity contribution in [3.8, 4) is 10.4 Å². The number of unbranched alkanes of at least 4 members (excludes halogenated alkanes) is 7. The van der Waals surface area contributed by atoms with E-state index in [1.165, 1.54) is 11.2 Å².